The van der Waals surface area contributed by atoms with E-state index in [2.05, 4.69) is 97.6 Å². The molecule has 4 nitrogen and oxygen atoms in total. The van der Waals surface area contributed by atoms with Crippen molar-refractivity contribution in [2.24, 2.45) is 0 Å². The SMILES string of the molecule is Cc1ccc(CCc2ccc(OCC(=O)N3CCN(Cc4ccc(Cl)cc4)CC3)c(CCc3ccc(C)cc3)c2)cc1. The molecule has 218 valence electrons. The molecule has 4 aromatic rings. The number of aryl methyl sites for hydroxylation is 6. The van der Waals surface area contributed by atoms with Crippen LogP contribution in [0, 0.1) is 13.8 Å². The number of nitrogens with zero attached hydrogens (tertiary/aromatic N) is 2. The van der Waals surface area contributed by atoms with Gasteiger partial charge in [-0.3, -0.25) is 9.69 Å². The van der Waals surface area contributed by atoms with Crippen molar-refractivity contribution in [2.75, 3.05) is 32.8 Å². The highest BCUT2D eigenvalue weighted by Crippen LogP contribution is 2.24. The Kier molecular flexibility index (Phi) is 10.3. The van der Waals surface area contributed by atoms with Gasteiger partial charge in [0.05, 0.1) is 0 Å². The normalized spacial score (nSPS) is 13.7. The van der Waals surface area contributed by atoms with Crippen LogP contribution in [0.5, 0.6) is 5.75 Å². The van der Waals surface area contributed by atoms with Crippen molar-refractivity contribution in [3.05, 3.63) is 135 Å². The van der Waals surface area contributed by atoms with Crippen LogP contribution in [-0.4, -0.2) is 48.5 Å². The highest BCUT2D eigenvalue weighted by Gasteiger charge is 2.22. The van der Waals surface area contributed by atoms with Gasteiger partial charge in [-0.2, -0.15) is 0 Å². The zero-order valence-corrected chi connectivity index (χ0v) is 25.6. The van der Waals surface area contributed by atoms with Crippen LogP contribution in [-0.2, 0) is 37.0 Å². The molecule has 4 aromatic carbocycles. The maximum absolute atomic E-state index is 13.1. The molecule has 0 radical (unpaired) electrons. The summed E-state index contributed by atoms with van der Waals surface area (Å²) in [5.74, 6) is 0.866. The first kappa shape index (κ1) is 29.9. The third kappa shape index (κ3) is 8.70. The van der Waals surface area contributed by atoms with Gasteiger partial charge in [0.25, 0.3) is 5.91 Å². The van der Waals surface area contributed by atoms with Gasteiger partial charge in [-0.15, -0.1) is 0 Å². The van der Waals surface area contributed by atoms with E-state index in [0.29, 0.717) is 13.1 Å². The Bertz CT molecular complexity index is 1440. The Morgan fingerprint density at radius 1 is 0.667 bits per heavy atom. The minimum atomic E-state index is 0.0501. The van der Waals surface area contributed by atoms with Gasteiger partial charge in [0.1, 0.15) is 5.75 Å². The van der Waals surface area contributed by atoms with E-state index in [1.54, 1.807) is 0 Å². The second-order valence-electron chi connectivity index (χ2n) is 11.5. The third-order valence-corrected chi connectivity index (χ3v) is 8.40. The summed E-state index contributed by atoms with van der Waals surface area (Å²) in [5.41, 5.74) is 8.91. The first-order chi connectivity index (χ1) is 20.4. The molecule has 1 heterocycles. The van der Waals surface area contributed by atoms with Crippen LogP contribution in [0.3, 0.4) is 0 Å². The monoisotopic (exact) mass is 580 g/mol. The number of hydrogen-bond acceptors (Lipinski definition) is 3. The fourth-order valence-electron chi connectivity index (χ4n) is 5.44. The molecule has 0 bridgehead atoms. The van der Waals surface area contributed by atoms with E-state index in [9.17, 15) is 4.79 Å². The molecule has 1 saturated heterocycles. The number of carbonyl (C=O) groups is 1. The lowest BCUT2D eigenvalue weighted by atomic mass is 9.98. The van der Waals surface area contributed by atoms with Crippen LogP contribution in [0.1, 0.15) is 38.9 Å². The first-order valence-electron chi connectivity index (χ1n) is 15.0. The number of halogens is 1. The maximum atomic E-state index is 13.1. The summed E-state index contributed by atoms with van der Waals surface area (Å²) in [6.07, 6.45) is 3.77. The molecule has 0 N–H and O–H groups in total. The molecule has 0 saturated carbocycles. The average Bonchev–Trinajstić information content (AvgIpc) is 3.01. The molecule has 0 aliphatic carbocycles. The quantitative estimate of drug-likeness (QED) is 0.187. The fourth-order valence-corrected chi connectivity index (χ4v) is 5.56. The Balaban J connectivity index is 1.18. The van der Waals surface area contributed by atoms with Crippen LogP contribution in [0.15, 0.2) is 91.0 Å². The molecule has 5 heteroatoms. The highest BCUT2D eigenvalue weighted by atomic mass is 35.5. The van der Waals surface area contributed by atoms with Gasteiger partial charge in [0, 0.05) is 37.7 Å². The molecule has 42 heavy (non-hydrogen) atoms. The van der Waals surface area contributed by atoms with Crippen molar-refractivity contribution in [2.45, 2.75) is 46.1 Å². The summed E-state index contributed by atoms with van der Waals surface area (Å²) in [4.78, 5) is 17.4. The van der Waals surface area contributed by atoms with E-state index in [1.807, 2.05) is 17.0 Å². The first-order valence-corrected chi connectivity index (χ1v) is 15.4. The van der Waals surface area contributed by atoms with E-state index in [-0.39, 0.29) is 12.5 Å². The number of piperazine rings is 1. The molecule has 1 aliphatic heterocycles. The summed E-state index contributed by atoms with van der Waals surface area (Å²) in [6, 6.07) is 32.0. The van der Waals surface area contributed by atoms with Crippen LogP contribution >= 0.6 is 11.6 Å². The number of ether oxygens (including phenoxy) is 1. The van der Waals surface area contributed by atoms with Crippen molar-refractivity contribution >= 4 is 17.5 Å². The van der Waals surface area contributed by atoms with E-state index >= 15 is 0 Å². The van der Waals surface area contributed by atoms with Crippen LogP contribution < -0.4 is 4.74 Å². The van der Waals surface area contributed by atoms with Crippen molar-refractivity contribution in [1.29, 1.82) is 0 Å². The lowest BCUT2D eigenvalue weighted by molar-refractivity contribution is -0.135. The largest absolute Gasteiger partial charge is 0.483 e. The van der Waals surface area contributed by atoms with Crippen molar-refractivity contribution < 1.29 is 9.53 Å². The minimum absolute atomic E-state index is 0.0501. The molecule has 1 aliphatic rings. The minimum Gasteiger partial charge on any atom is -0.483 e. The van der Waals surface area contributed by atoms with Gasteiger partial charge in [-0.1, -0.05) is 95.5 Å². The van der Waals surface area contributed by atoms with Crippen LogP contribution in [0.2, 0.25) is 5.02 Å². The standard InChI is InChI=1S/C37H41ClN2O2/c1-28-3-7-30(8-4-28)11-12-32-16-20-36(34(25-32)17-13-31-9-5-29(2)6-10-31)42-27-37(41)40-23-21-39(22-24-40)26-33-14-18-35(38)19-15-33/h3-10,14-16,18-20,25H,11-13,17,21-24,26-27H2,1-2H3. The summed E-state index contributed by atoms with van der Waals surface area (Å²) in [5, 5.41) is 0.754. The molecular weight excluding hydrogens is 540 g/mol. The number of hydrogen-bond donors (Lipinski definition) is 0. The summed E-state index contributed by atoms with van der Waals surface area (Å²) in [7, 11) is 0. The van der Waals surface area contributed by atoms with Gasteiger partial charge in [-0.05, 0) is 85.5 Å². The van der Waals surface area contributed by atoms with E-state index < -0.39 is 0 Å². The second kappa shape index (κ2) is 14.5. The summed E-state index contributed by atoms with van der Waals surface area (Å²) >= 11 is 6.02. The van der Waals surface area contributed by atoms with Gasteiger partial charge < -0.3 is 9.64 Å². The molecule has 1 amide bonds. The molecular formula is C37H41ClN2O2. The number of benzene rings is 4. The average molecular weight is 581 g/mol. The zero-order valence-electron chi connectivity index (χ0n) is 24.8. The van der Waals surface area contributed by atoms with Crippen molar-refractivity contribution in [3.63, 3.8) is 0 Å². The third-order valence-electron chi connectivity index (χ3n) is 8.15. The molecule has 5 rings (SSSR count). The molecule has 0 spiro atoms. The van der Waals surface area contributed by atoms with E-state index in [4.69, 9.17) is 16.3 Å². The Morgan fingerprint density at radius 2 is 1.19 bits per heavy atom. The molecule has 0 atom stereocenters. The van der Waals surface area contributed by atoms with Gasteiger partial charge >= 0.3 is 0 Å². The zero-order chi connectivity index (χ0) is 29.3. The van der Waals surface area contributed by atoms with Gasteiger partial charge in [0.15, 0.2) is 6.61 Å². The second-order valence-corrected chi connectivity index (χ2v) is 11.9. The smallest absolute Gasteiger partial charge is 0.260 e. The summed E-state index contributed by atoms with van der Waals surface area (Å²) < 4.78 is 6.21. The van der Waals surface area contributed by atoms with Crippen LogP contribution in [0.4, 0.5) is 0 Å². The number of carbonyl (C=O) groups excluding carboxylic acids is 1. The molecule has 0 aromatic heterocycles. The number of rotatable bonds is 11. The van der Waals surface area contributed by atoms with E-state index in [0.717, 1.165) is 61.7 Å². The maximum Gasteiger partial charge on any atom is 0.260 e. The van der Waals surface area contributed by atoms with Crippen molar-refractivity contribution in [1.82, 2.24) is 9.80 Å². The molecule has 1 fully saturated rings. The predicted octanol–water partition coefficient (Wildman–Crippen LogP) is 7.25. The highest BCUT2D eigenvalue weighted by molar-refractivity contribution is 6.30. The Morgan fingerprint density at radius 3 is 1.81 bits per heavy atom. The van der Waals surface area contributed by atoms with Crippen LogP contribution in [0.25, 0.3) is 0 Å². The fraction of sp³-hybridized carbons (Fsp3) is 0.324. The van der Waals surface area contributed by atoms with E-state index in [1.165, 1.54) is 33.4 Å². The lowest BCUT2D eigenvalue weighted by Crippen LogP contribution is -2.49. The molecule has 0 unspecified atom stereocenters. The Labute approximate surface area is 255 Å². The summed E-state index contributed by atoms with van der Waals surface area (Å²) in [6.45, 7) is 8.31. The Hall–Kier alpha value is -3.60. The van der Waals surface area contributed by atoms with Gasteiger partial charge in [0.2, 0.25) is 0 Å². The lowest BCUT2D eigenvalue weighted by Gasteiger charge is -2.34. The van der Waals surface area contributed by atoms with Gasteiger partial charge in [-0.25, -0.2) is 0 Å². The number of amides is 1. The van der Waals surface area contributed by atoms with Crippen molar-refractivity contribution in [3.8, 4) is 5.75 Å². The predicted molar refractivity (Wildman–Crippen MR) is 172 cm³/mol. The topological polar surface area (TPSA) is 32.8 Å².